The summed E-state index contributed by atoms with van der Waals surface area (Å²) in [5.74, 6) is 3.62. The van der Waals surface area contributed by atoms with Crippen LogP contribution in [0.2, 0.25) is 0 Å². The van der Waals surface area contributed by atoms with Gasteiger partial charge in [-0.15, -0.1) is 0 Å². The number of hydrogen-bond donors (Lipinski definition) is 2. The van der Waals surface area contributed by atoms with E-state index in [0.717, 1.165) is 30.4 Å². The number of hydrogen-bond acceptors (Lipinski definition) is 4. The second-order valence-electron chi connectivity index (χ2n) is 5.47. The minimum Gasteiger partial charge on any atom is -0.370 e. The molecule has 2 fully saturated rings. The first-order valence-corrected chi connectivity index (χ1v) is 7.24. The van der Waals surface area contributed by atoms with Crippen LogP contribution in [0, 0.1) is 0 Å². The Bertz CT molecular complexity index is 410. The molecule has 0 aromatic carbocycles. The van der Waals surface area contributed by atoms with E-state index in [1.807, 2.05) is 0 Å². The maximum Gasteiger partial charge on any atom is 0.136 e. The second-order valence-corrected chi connectivity index (χ2v) is 5.47. The third-order valence-electron chi connectivity index (χ3n) is 3.70. The minimum atomic E-state index is 0.607. The minimum absolute atomic E-state index is 0.607. The fourth-order valence-corrected chi connectivity index (χ4v) is 2.17. The Morgan fingerprint density at radius 3 is 2.56 bits per heavy atom. The van der Waals surface area contributed by atoms with Crippen molar-refractivity contribution in [2.45, 2.75) is 57.4 Å². The zero-order valence-electron chi connectivity index (χ0n) is 11.1. The Morgan fingerprint density at radius 1 is 1.17 bits per heavy atom. The van der Waals surface area contributed by atoms with E-state index in [2.05, 4.69) is 33.6 Å². The molecular weight excluding hydrogens is 224 g/mol. The summed E-state index contributed by atoms with van der Waals surface area (Å²) < 4.78 is 0. The van der Waals surface area contributed by atoms with Crippen LogP contribution in [0.15, 0.2) is 6.07 Å². The average molecular weight is 246 g/mol. The molecule has 0 atom stereocenters. The quantitative estimate of drug-likeness (QED) is 0.809. The van der Waals surface area contributed by atoms with E-state index in [1.165, 1.54) is 32.1 Å². The number of nitrogens with one attached hydrogen (secondary N) is 2. The van der Waals surface area contributed by atoms with Gasteiger partial charge in [0, 0.05) is 24.6 Å². The third kappa shape index (κ3) is 2.74. The van der Waals surface area contributed by atoms with Crippen LogP contribution in [-0.2, 0) is 0 Å². The van der Waals surface area contributed by atoms with Crippen LogP contribution in [0.5, 0.6) is 0 Å². The molecule has 4 heteroatoms. The third-order valence-corrected chi connectivity index (χ3v) is 3.70. The molecule has 1 aromatic rings. The Kier molecular flexibility index (Phi) is 3.35. The molecule has 2 N–H and O–H groups in total. The number of anilines is 2. The topological polar surface area (TPSA) is 49.8 Å². The van der Waals surface area contributed by atoms with Gasteiger partial charge in [-0.1, -0.05) is 6.92 Å². The summed E-state index contributed by atoms with van der Waals surface area (Å²) in [5.41, 5.74) is 0. The van der Waals surface area contributed by atoms with E-state index in [4.69, 9.17) is 0 Å². The predicted molar refractivity (Wildman–Crippen MR) is 74.0 cm³/mol. The van der Waals surface area contributed by atoms with Crippen molar-refractivity contribution in [1.82, 2.24) is 9.97 Å². The summed E-state index contributed by atoms with van der Waals surface area (Å²) in [7, 11) is 0. The lowest BCUT2D eigenvalue weighted by atomic mass is 9.93. The van der Waals surface area contributed by atoms with Crippen molar-refractivity contribution >= 4 is 11.6 Å². The van der Waals surface area contributed by atoms with Crippen molar-refractivity contribution in [2.24, 2.45) is 0 Å². The van der Waals surface area contributed by atoms with E-state index in [0.29, 0.717) is 12.0 Å². The highest BCUT2D eigenvalue weighted by molar-refractivity contribution is 5.49. The van der Waals surface area contributed by atoms with E-state index >= 15 is 0 Å². The molecule has 0 saturated heterocycles. The lowest BCUT2D eigenvalue weighted by Crippen LogP contribution is -2.27. The lowest BCUT2D eigenvalue weighted by Gasteiger charge is -2.27. The molecule has 0 spiro atoms. The maximum atomic E-state index is 4.66. The highest BCUT2D eigenvalue weighted by atomic mass is 15.1. The van der Waals surface area contributed by atoms with E-state index in [-0.39, 0.29) is 0 Å². The molecule has 2 aliphatic carbocycles. The molecule has 0 aliphatic heterocycles. The summed E-state index contributed by atoms with van der Waals surface area (Å²) in [6.45, 7) is 3.15. The molecule has 4 nitrogen and oxygen atoms in total. The first kappa shape index (κ1) is 11.8. The van der Waals surface area contributed by atoms with Crippen molar-refractivity contribution in [2.75, 3.05) is 17.2 Å². The molecule has 1 aromatic heterocycles. The summed E-state index contributed by atoms with van der Waals surface area (Å²) >= 11 is 0. The molecule has 3 rings (SSSR count). The molecule has 2 aliphatic rings. The summed E-state index contributed by atoms with van der Waals surface area (Å²) in [4.78, 5) is 9.28. The van der Waals surface area contributed by atoms with Gasteiger partial charge in [-0.05, 0) is 38.5 Å². The van der Waals surface area contributed by atoms with E-state index in [9.17, 15) is 0 Å². The van der Waals surface area contributed by atoms with Crippen LogP contribution in [-0.4, -0.2) is 22.6 Å². The molecular formula is C14H22N4. The Balaban J connectivity index is 1.74. The lowest BCUT2D eigenvalue weighted by molar-refractivity contribution is 0.444. The molecule has 0 amide bonds. The van der Waals surface area contributed by atoms with Gasteiger partial charge in [0.25, 0.3) is 0 Å². The van der Waals surface area contributed by atoms with Crippen molar-refractivity contribution in [3.8, 4) is 0 Å². The molecule has 1 heterocycles. The van der Waals surface area contributed by atoms with Gasteiger partial charge >= 0.3 is 0 Å². The SMILES string of the molecule is CCCNc1cc(NC2CCC2)nc(C2CC2)n1. The van der Waals surface area contributed by atoms with Crippen molar-refractivity contribution in [3.63, 3.8) is 0 Å². The fraction of sp³-hybridized carbons (Fsp3) is 0.714. The zero-order chi connectivity index (χ0) is 12.4. The second kappa shape index (κ2) is 5.12. The molecule has 18 heavy (non-hydrogen) atoms. The van der Waals surface area contributed by atoms with E-state index < -0.39 is 0 Å². The van der Waals surface area contributed by atoms with Crippen LogP contribution in [0.1, 0.15) is 57.2 Å². The van der Waals surface area contributed by atoms with Gasteiger partial charge < -0.3 is 10.6 Å². The van der Waals surface area contributed by atoms with Gasteiger partial charge in [0.2, 0.25) is 0 Å². The Hall–Kier alpha value is -1.32. The first-order valence-electron chi connectivity index (χ1n) is 7.24. The van der Waals surface area contributed by atoms with E-state index in [1.54, 1.807) is 0 Å². The standard InChI is InChI=1S/C14H22N4/c1-2-8-15-12-9-13(16-11-4-3-5-11)18-14(17-12)10-6-7-10/h9-11H,2-8H2,1H3,(H2,15,16,17,18). The van der Waals surface area contributed by atoms with Crippen molar-refractivity contribution < 1.29 is 0 Å². The van der Waals surface area contributed by atoms with Crippen LogP contribution in [0.25, 0.3) is 0 Å². The maximum absolute atomic E-state index is 4.66. The smallest absolute Gasteiger partial charge is 0.136 e. The van der Waals surface area contributed by atoms with Crippen LogP contribution in [0.3, 0.4) is 0 Å². The normalized spacial score (nSPS) is 19.4. The number of rotatable bonds is 6. The summed E-state index contributed by atoms with van der Waals surface area (Å²) in [6, 6.07) is 2.69. The van der Waals surface area contributed by atoms with Gasteiger partial charge in [0.15, 0.2) is 0 Å². The van der Waals surface area contributed by atoms with Gasteiger partial charge in [0.1, 0.15) is 17.5 Å². The number of nitrogens with zero attached hydrogens (tertiary/aromatic N) is 2. The highest BCUT2D eigenvalue weighted by Gasteiger charge is 2.28. The number of aromatic nitrogens is 2. The summed E-state index contributed by atoms with van der Waals surface area (Å²) in [6.07, 6.45) is 7.52. The van der Waals surface area contributed by atoms with Gasteiger partial charge in [-0.2, -0.15) is 0 Å². The van der Waals surface area contributed by atoms with Crippen LogP contribution < -0.4 is 10.6 Å². The zero-order valence-corrected chi connectivity index (χ0v) is 11.1. The largest absolute Gasteiger partial charge is 0.370 e. The van der Waals surface area contributed by atoms with Gasteiger partial charge in [-0.25, -0.2) is 9.97 Å². The van der Waals surface area contributed by atoms with Crippen molar-refractivity contribution in [1.29, 1.82) is 0 Å². The van der Waals surface area contributed by atoms with Crippen LogP contribution in [0.4, 0.5) is 11.6 Å². The van der Waals surface area contributed by atoms with Crippen molar-refractivity contribution in [3.05, 3.63) is 11.9 Å². The average Bonchev–Trinajstić information content (AvgIpc) is 3.15. The highest BCUT2D eigenvalue weighted by Crippen LogP contribution is 2.39. The Morgan fingerprint density at radius 2 is 1.94 bits per heavy atom. The fourth-order valence-electron chi connectivity index (χ4n) is 2.17. The van der Waals surface area contributed by atoms with Crippen LogP contribution >= 0.6 is 0 Å². The Labute approximate surface area is 109 Å². The monoisotopic (exact) mass is 246 g/mol. The first-order chi connectivity index (χ1) is 8.85. The van der Waals surface area contributed by atoms with Gasteiger partial charge in [-0.3, -0.25) is 0 Å². The molecule has 0 bridgehead atoms. The molecule has 2 saturated carbocycles. The predicted octanol–water partition coefficient (Wildman–Crippen LogP) is 3.14. The van der Waals surface area contributed by atoms with Gasteiger partial charge in [0.05, 0.1) is 0 Å². The molecule has 0 radical (unpaired) electrons. The molecule has 0 unspecified atom stereocenters. The summed E-state index contributed by atoms with van der Waals surface area (Å²) in [5, 5.41) is 6.90. The molecule has 98 valence electrons.